The molecule has 0 amide bonds. The number of likely N-dealkylation sites (tertiary alicyclic amines) is 1. The lowest BCUT2D eigenvalue weighted by atomic mass is 9.93. The maximum atomic E-state index is 10.8. The predicted octanol–water partition coefficient (Wildman–Crippen LogP) is 4.20. The van der Waals surface area contributed by atoms with Gasteiger partial charge in [-0.2, -0.15) is 0 Å². The molecule has 1 heterocycles. The first-order chi connectivity index (χ1) is 15.5. The highest BCUT2D eigenvalue weighted by Gasteiger charge is 2.19. The lowest BCUT2D eigenvalue weighted by Crippen LogP contribution is -2.35. The number of nitro benzene ring substituents is 1. The van der Waals surface area contributed by atoms with E-state index >= 15 is 0 Å². The van der Waals surface area contributed by atoms with Gasteiger partial charge in [0, 0.05) is 37.0 Å². The first kappa shape index (κ1) is 23.7. The molecule has 8 nitrogen and oxygen atoms in total. The predicted molar refractivity (Wildman–Crippen MR) is 129 cm³/mol. The summed E-state index contributed by atoms with van der Waals surface area (Å²) >= 11 is 5.42. The van der Waals surface area contributed by atoms with E-state index in [9.17, 15) is 10.1 Å². The Bertz CT molecular complexity index is 915. The van der Waals surface area contributed by atoms with Crippen LogP contribution in [-0.2, 0) is 6.54 Å². The van der Waals surface area contributed by atoms with Crippen molar-refractivity contribution in [2.45, 2.75) is 25.8 Å². The van der Waals surface area contributed by atoms with Crippen LogP contribution in [0.5, 0.6) is 11.5 Å². The molecular formula is C23H30N4O4S. The minimum atomic E-state index is -0.363. The third kappa shape index (κ3) is 6.80. The zero-order valence-corrected chi connectivity index (χ0v) is 19.3. The van der Waals surface area contributed by atoms with Crippen molar-refractivity contribution in [2.75, 3.05) is 39.2 Å². The molecule has 1 saturated heterocycles. The SMILES string of the molecule is COc1ccc(NC(=S)NCCC2CCN(Cc3ccc([N+](=O)[O-])cc3)CC2)cc1OC. The van der Waals surface area contributed by atoms with Gasteiger partial charge in [-0.3, -0.25) is 15.0 Å². The van der Waals surface area contributed by atoms with E-state index in [0.29, 0.717) is 22.5 Å². The van der Waals surface area contributed by atoms with Crippen molar-refractivity contribution < 1.29 is 14.4 Å². The molecule has 9 heteroatoms. The molecular weight excluding hydrogens is 428 g/mol. The van der Waals surface area contributed by atoms with E-state index in [0.717, 1.165) is 56.7 Å². The minimum absolute atomic E-state index is 0.137. The van der Waals surface area contributed by atoms with Gasteiger partial charge in [0.15, 0.2) is 16.6 Å². The largest absolute Gasteiger partial charge is 0.493 e. The number of non-ortho nitro benzene ring substituents is 1. The Kier molecular flexibility index (Phi) is 8.64. The number of rotatable bonds is 9. The maximum Gasteiger partial charge on any atom is 0.269 e. The number of anilines is 1. The van der Waals surface area contributed by atoms with Gasteiger partial charge in [-0.1, -0.05) is 12.1 Å². The molecule has 0 bridgehead atoms. The Hall–Kier alpha value is -2.91. The molecule has 2 aromatic carbocycles. The van der Waals surface area contributed by atoms with Crippen LogP contribution in [-0.4, -0.2) is 48.8 Å². The summed E-state index contributed by atoms with van der Waals surface area (Å²) in [6.07, 6.45) is 3.36. The second kappa shape index (κ2) is 11.6. The molecule has 0 atom stereocenters. The van der Waals surface area contributed by atoms with Gasteiger partial charge >= 0.3 is 0 Å². The number of piperidine rings is 1. The summed E-state index contributed by atoms with van der Waals surface area (Å²) in [5.74, 6) is 2.00. The van der Waals surface area contributed by atoms with E-state index in [2.05, 4.69) is 15.5 Å². The Morgan fingerprint density at radius 3 is 2.44 bits per heavy atom. The molecule has 0 spiro atoms. The number of nitrogens with zero attached hydrogens (tertiary/aromatic N) is 2. The number of methoxy groups -OCH3 is 2. The van der Waals surface area contributed by atoms with Gasteiger partial charge in [0.1, 0.15) is 0 Å². The molecule has 0 radical (unpaired) electrons. The van der Waals surface area contributed by atoms with E-state index in [-0.39, 0.29) is 10.6 Å². The topological polar surface area (TPSA) is 88.9 Å². The molecule has 1 fully saturated rings. The van der Waals surface area contributed by atoms with Crippen LogP contribution in [0.1, 0.15) is 24.8 Å². The van der Waals surface area contributed by atoms with Crippen molar-refractivity contribution in [1.82, 2.24) is 10.2 Å². The van der Waals surface area contributed by atoms with Crippen LogP contribution in [0.2, 0.25) is 0 Å². The van der Waals surface area contributed by atoms with Crippen molar-refractivity contribution in [3.05, 3.63) is 58.1 Å². The van der Waals surface area contributed by atoms with Gasteiger partial charge in [0.05, 0.1) is 19.1 Å². The third-order valence-corrected chi connectivity index (χ3v) is 5.99. The van der Waals surface area contributed by atoms with Crippen LogP contribution < -0.4 is 20.1 Å². The molecule has 172 valence electrons. The van der Waals surface area contributed by atoms with Crippen LogP contribution in [0.3, 0.4) is 0 Å². The molecule has 2 N–H and O–H groups in total. The average molecular weight is 459 g/mol. The number of benzene rings is 2. The van der Waals surface area contributed by atoms with E-state index < -0.39 is 0 Å². The molecule has 0 saturated carbocycles. The quantitative estimate of drug-likeness (QED) is 0.328. The standard InChI is InChI=1S/C23H30N4O4S/c1-30-21-8-5-19(15-22(21)31-2)25-23(32)24-12-9-17-10-13-26(14-11-17)16-18-3-6-20(7-4-18)27(28)29/h3-8,15,17H,9-14,16H2,1-2H3,(H2,24,25,32). The van der Waals surface area contributed by atoms with E-state index in [1.165, 1.54) is 0 Å². The number of ether oxygens (including phenoxy) is 2. The van der Waals surface area contributed by atoms with Gasteiger partial charge < -0.3 is 20.1 Å². The van der Waals surface area contributed by atoms with Gasteiger partial charge in [0.25, 0.3) is 5.69 Å². The Balaban J connectivity index is 1.35. The molecule has 3 rings (SSSR count). The number of thiocarbonyl (C=S) groups is 1. The van der Waals surface area contributed by atoms with Gasteiger partial charge in [-0.15, -0.1) is 0 Å². The fraction of sp³-hybridized carbons (Fsp3) is 0.435. The second-order valence-electron chi connectivity index (χ2n) is 7.88. The number of nitrogens with one attached hydrogen (secondary N) is 2. The summed E-state index contributed by atoms with van der Waals surface area (Å²) in [6.45, 7) is 3.74. The monoisotopic (exact) mass is 458 g/mol. The Morgan fingerprint density at radius 2 is 1.81 bits per heavy atom. The van der Waals surface area contributed by atoms with Crippen LogP contribution in [0.25, 0.3) is 0 Å². The van der Waals surface area contributed by atoms with Crippen molar-refractivity contribution in [3.63, 3.8) is 0 Å². The van der Waals surface area contributed by atoms with Crippen molar-refractivity contribution in [1.29, 1.82) is 0 Å². The highest BCUT2D eigenvalue weighted by molar-refractivity contribution is 7.80. The van der Waals surface area contributed by atoms with Crippen molar-refractivity contribution >= 4 is 28.7 Å². The number of hydrogen-bond acceptors (Lipinski definition) is 6. The van der Waals surface area contributed by atoms with Crippen LogP contribution in [0, 0.1) is 16.0 Å². The maximum absolute atomic E-state index is 10.8. The highest BCUT2D eigenvalue weighted by Crippen LogP contribution is 2.29. The molecule has 0 aromatic heterocycles. The first-order valence-electron chi connectivity index (χ1n) is 10.7. The molecule has 1 aliphatic heterocycles. The smallest absolute Gasteiger partial charge is 0.269 e. The summed E-state index contributed by atoms with van der Waals surface area (Å²) in [4.78, 5) is 12.8. The summed E-state index contributed by atoms with van der Waals surface area (Å²) in [5.41, 5.74) is 2.10. The fourth-order valence-corrected chi connectivity index (χ4v) is 4.11. The molecule has 2 aromatic rings. The van der Waals surface area contributed by atoms with Crippen molar-refractivity contribution in [3.8, 4) is 11.5 Å². The lowest BCUT2D eigenvalue weighted by molar-refractivity contribution is -0.384. The summed E-state index contributed by atoms with van der Waals surface area (Å²) in [7, 11) is 3.22. The second-order valence-corrected chi connectivity index (χ2v) is 8.29. The zero-order chi connectivity index (χ0) is 22.9. The van der Waals surface area contributed by atoms with Crippen LogP contribution in [0.4, 0.5) is 11.4 Å². The van der Waals surface area contributed by atoms with Gasteiger partial charge in [-0.25, -0.2) is 0 Å². The van der Waals surface area contributed by atoms with E-state index in [4.69, 9.17) is 21.7 Å². The van der Waals surface area contributed by atoms with Crippen LogP contribution in [0.15, 0.2) is 42.5 Å². The summed E-state index contributed by atoms with van der Waals surface area (Å²) in [5, 5.41) is 17.8. The summed E-state index contributed by atoms with van der Waals surface area (Å²) in [6, 6.07) is 12.4. The average Bonchev–Trinajstić information content (AvgIpc) is 2.80. The Morgan fingerprint density at radius 1 is 1.12 bits per heavy atom. The van der Waals surface area contributed by atoms with Crippen LogP contribution >= 0.6 is 12.2 Å². The molecule has 32 heavy (non-hydrogen) atoms. The van der Waals surface area contributed by atoms with Gasteiger partial charge in [-0.05, 0) is 68.2 Å². The normalized spacial score (nSPS) is 14.6. The third-order valence-electron chi connectivity index (χ3n) is 5.74. The highest BCUT2D eigenvalue weighted by atomic mass is 32.1. The molecule has 0 unspecified atom stereocenters. The number of nitro groups is 1. The zero-order valence-electron chi connectivity index (χ0n) is 18.5. The van der Waals surface area contributed by atoms with Gasteiger partial charge in [0.2, 0.25) is 0 Å². The van der Waals surface area contributed by atoms with E-state index in [1.807, 2.05) is 30.3 Å². The van der Waals surface area contributed by atoms with E-state index in [1.54, 1.807) is 26.4 Å². The summed E-state index contributed by atoms with van der Waals surface area (Å²) < 4.78 is 10.6. The fourth-order valence-electron chi connectivity index (χ4n) is 3.89. The molecule has 0 aliphatic carbocycles. The first-order valence-corrected chi connectivity index (χ1v) is 11.1. The lowest BCUT2D eigenvalue weighted by Gasteiger charge is -2.32. The number of hydrogen-bond donors (Lipinski definition) is 2. The Labute approximate surface area is 194 Å². The minimum Gasteiger partial charge on any atom is -0.493 e. The van der Waals surface area contributed by atoms with Crippen molar-refractivity contribution in [2.24, 2.45) is 5.92 Å². The molecule has 1 aliphatic rings.